The van der Waals surface area contributed by atoms with Crippen LogP contribution in [-0.2, 0) is 18.0 Å². The molecule has 7 heteroatoms. The summed E-state index contributed by atoms with van der Waals surface area (Å²) >= 11 is 0. The van der Waals surface area contributed by atoms with Crippen LogP contribution in [0.4, 0.5) is 0 Å². The van der Waals surface area contributed by atoms with Crippen molar-refractivity contribution in [3.8, 4) is 11.5 Å². The quantitative estimate of drug-likeness (QED) is 0.348. The topological polar surface area (TPSA) is 68.2 Å². The Balaban J connectivity index is 1.28. The van der Waals surface area contributed by atoms with Gasteiger partial charge in [0, 0.05) is 0 Å². The van der Waals surface area contributed by atoms with Crippen molar-refractivity contribution >= 4 is 35.7 Å². The molecule has 176 valence electrons. The minimum atomic E-state index is -0.692. The number of hydrogen-bond acceptors (Lipinski definition) is 5. The third-order valence-electron chi connectivity index (χ3n) is 5.99. The summed E-state index contributed by atoms with van der Waals surface area (Å²) in [6, 6.07) is 30.4. The van der Waals surface area contributed by atoms with E-state index in [1.807, 2.05) is 97.1 Å². The molecule has 0 amide bonds. The average Bonchev–Trinajstić information content (AvgIpc) is 2.93. The van der Waals surface area contributed by atoms with Gasteiger partial charge in [0.1, 0.15) is 11.5 Å². The zero-order chi connectivity index (χ0) is 24.6. The molecule has 0 aliphatic carbocycles. The van der Waals surface area contributed by atoms with E-state index in [0.717, 1.165) is 44.5 Å². The summed E-state index contributed by atoms with van der Waals surface area (Å²) in [5.41, 5.74) is 5.34. The summed E-state index contributed by atoms with van der Waals surface area (Å²) in [4.78, 5) is 0. The maximum atomic E-state index is 10.6. The van der Waals surface area contributed by atoms with E-state index in [9.17, 15) is 10.0 Å². The Labute approximate surface area is 207 Å². The first kappa shape index (κ1) is 24.6. The lowest BCUT2D eigenvalue weighted by Crippen LogP contribution is -2.42. The highest BCUT2D eigenvalue weighted by molar-refractivity contribution is 6.79. The van der Waals surface area contributed by atoms with Crippen molar-refractivity contribution in [3.63, 3.8) is 0 Å². The predicted octanol–water partition coefficient (Wildman–Crippen LogP) is 1.62. The van der Waals surface area contributed by atoms with E-state index in [-0.39, 0.29) is 0 Å². The van der Waals surface area contributed by atoms with Gasteiger partial charge in [-0.1, -0.05) is 72.8 Å². The molecule has 0 saturated carbocycles. The molecular formula is C28H28B2O5. The van der Waals surface area contributed by atoms with Gasteiger partial charge in [-0.3, -0.25) is 0 Å². The van der Waals surface area contributed by atoms with Crippen molar-refractivity contribution in [2.24, 2.45) is 0 Å². The smallest absolute Gasteiger partial charge is 0.358 e. The van der Waals surface area contributed by atoms with Crippen LogP contribution in [0.3, 0.4) is 0 Å². The highest BCUT2D eigenvalue weighted by Gasteiger charge is 2.18. The van der Waals surface area contributed by atoms with Crippen molar-refractivity contribution in [1.29, 1.82) is 0 Å². The molecule has 0 radical (unpaired) electrons. The van der Waals surface area contributed by atoms with Gasteiger partial charge in [-0.2, -0.15) is 0 Å². The van der Waals surface area contributed by atoms with Gasteiger partial charge in [-0.15, -0.1) is 0 Å². The lowest BCUT2D eigenvalue weighted by atomic mass is 9.56. The Kier molecular flexibility index (Phi) is 8.27. The summed E-state index contributed by atoms with van der Waals surface area (Å²) in [5.74, 6) is 1.52. The zero-order valence-corrected chi connectivity index (χ0v) is 19.9. The molecule has 0 heterocycles. The molecule has 0 spiro atoms. The third-order valence-corrected chi connectivity index (χ3v) is 5.99. The summed E-state index contributed by atoms with van der Waals surface area (Å²) in [6.45, 7) is -0.449. The second-order valence-corrected chi connectivity index (χ2v) is 8.33. The molecule has 0 bridgehead atoms. The van der Waals surface area contributed by atoms with Crippen molar-refractivity contribution in [1.82, 2.24) is 0 Å². The highest BCUT2D eigenvalue weighted by Crippen LogP contribution is 2.09. The first-order chi connectivity index (χ1) is 17.1. The summed E-state index contributed by atoms with van der Waals surface area (Å²) in [7, 11) is 3.24. The maximum Gasteiger partial charge on any atom is 0.358 e. The van der Waals surface area contributed by atoms with Crippen LogP contribution in [0, 0.1) is 0 Å². The van der Waals surface area contributed by atoms with Gasteiger partial charge in [0.2, 0.25) is 0 Å². The van der Waals surface area contributed by atoms with E-state index in [4.69, 9.17) is 14.2 Å². The van der Waals surface area contributed by atoms with E-state index in [2.05, 4.69) is 0 Å². The molecule has 4 aromatic rings. The lowest BCUT2D eigenvalue weighted by molar-refractivity contribution is 0.107. The summed E-state index contributed by atoms with van der Waals surface area (Å²) in [5, 5.41) is 21.3. The number of methoxy groups -OCH3 is 2. The molecule has 35 heavy (non-hydrogen) atoms. The molecule has 0 unspecified atom stereocenters. The largest absolute Gasteiger partial charge is 0.497 e. The molecule has 0 atom stereocenters. The Bertz CT molecular complexity index is 1100. The Morgan fingerprint density at radius 1 is 0.486 bits per heavy atom. The van der Waals surface area contributed by atoms with E-state index in [0.29, 0.717) is 13.2 Å². The van der Waals surface area contributed by atoms with Crippen LogP contribution in [0.15, 0.2) is 97.1 Å². The standard InChI is InChI=1S/C28H28B2O5/c1-33-27-15-11-25(12-16-27)29(31)23-7-3-21(4-8-23)19-35-20-22-5-9-24(10-6-22)30(32)26-13-17-28(34-2)18-14-26/h3-18,31-32H,19-20H2,1-2H3. The molecule has 0 aliphatic heterocycles. The minimum Gasteiger partial charge on any atom is -0.497 e. The second kappa shape index (κ2) is 11.8. The van der Waals surface area contributed by atoms with Gasteiger partial charge in [-0.05, 0) is 57.2 Å². The maximum absolute atomic E-state index is 10.6. The van der Waals surface area contributed by atoms with E-state index in [1.54, 1.807) is 14.2 Å². The van der Waals surface area contributed by atoms with Crippen LogP contribution in [0.2, 0.25) is 0 Å². The number of rotatable bonds is 10. The van der Waals surface area contributed by atoms with Gasteiger partial charge in [0.05, 0.1) is 27.4 Å². The predicted molar refractivity (Wildman–Crippen MR) is 142 cm³/mol. The molecule has 0 fully saturated rings. The molecule has 5 nitrogen and oxygen atoms in total. The van der Waals surface area contributed by atoms with Crippen molar-refractivity contribution in [2.75, 3.05) is 14.2 Å². The SMILES string of the molecule is COc1ccc(B(O)c2ccc(COCc3ccc(B(O)c4ccc(OC)cc4)cc3)cc2)cc1. The fourth-order valence-electron chi connectivity index (χ4n) is 3.84. The van der Waals surface area contributed by atoms with Gasteiger partial charge in [-0.25, -0.2) is 0 Å². The number of hydrogen-bond donors (Lipinski definition) is 2. The Morgan fingerprint density at radius 2 is 0.771 bits per heavy atom. The molecule has 4 rings (SSSR count). The number of ether oxygens (including phenoxy) is 3. The van der Waals surface area contributed by atoms with Gasteiger partial charge in [0.25, 0.3) is 0 Å². The number of benzene rings is 4. The van der Waals surface area contributed by atoms with Gasteiger partial charge < -0.3 is 24.3 Å². The van der Waals surface area contributed by atoms with Crippen molar-refractivity contribution in [3.05, 3.63) is 108 Å². The molecule has 4 aromatic carbocycles. The van der Waals surface area contributed by atoms with E-state index >= 15 is 0 Å². The molecular weight excluding hydrogens is 438 g/mol. The van der Waals surface area contributed by atoms with E-state index in [1.165, 1.54) is 0 Å². The second-order valence-electron chi connectivity index (χ2n) is 8.33. The van der Waals surface area contributed by atoms with Crippen LogP contribution in [-0.4, -0.2) is 38.1 Å². The first-order valence-electron chi connectivity index (χ1n) is 11.5. The highest BCUT2D eigenvalue weighted by atomic mass is 16.5. The van der Waals surface area contributed by atoms with Crippen LogP contribution in [0.5, 0.6) is 11.5 Å². The zero-order valence-electron chi connectivity index (χ0n) is 19.9. The lowest BCUT2D eigenvalue weighted by Gasteiger charge is -2.11. The van der Waals surface area contributed by atoms with Crippen LogP contribution < -0.4 is 31.3 Å². The van der Waals surface area contributed by atoms with Crippen LogP contribution in [0.1, 0.15) is 11.1 Å². The fourth-order valence-corrected chi connectivity index (χ4v) is 3.84. The normalized spacial score (nSPS) is 10.6. The summed E-state index contributed by atoms with van der Waals surface area (Å²) in [6.07, 6.45) is 0. The van der Waals surface area contributed by atoms with Crippen LogP contribution in [0.25, 0.3) is 0 Å². The Morgan fingerprint density at radius 3 is 1.06 bits per heavy atom. The monoisotopic (exact) mass is 466 g/mol. The Hall–Kier alpha value is -3.51. The fraction of sp³-hybridized carbons (Fsp3) is 0.143. The minimum absolute atomic E-state index is 0.467. The molecule has 0 aliphatic rings. The van der Waals surface area contributed by atoms with Crippen LogP contribution >= 0.6 is 0 Å². The van der Waals surface area contributed by atoms with Crippen molar-refractivity contribution in [2.45, 2.75) is 13.2 Å². The van der Waals surface area contributed by atoms with Crippen molar-refractivity contribution < 1.29 is 24.3 Å². The molecule has 2 N–H and O–H groups in total. The third kappa shape index (κ3) is 6.34. The summed E-state index contributed by atoms with van der Waals surface area (Å²) < 4.78 is 16.2. The molecule has 0 saturated heterocycles. The average molecular weight is 466 g/mol. The van der Waals surface area contributed by atoms with Gasteiger partial charge in [0.15, 0.2) is 0 Å². The molecule has 0 aromatic heterocycles. The van der Waals surface area contributed by atoms with Gasteiger partial charge >= 0.3 is 13.8 Å². The van der Waals surface area contributed by atoms with E-state index < -0.39 is 13.8 Å². The first-order valence-corrected chi connectivity index (χ1v) is 11.5.